The van der Waals surface area contributed by atoms with Gasteiger partial charge >= 0.3 is 0 Å². The molecule has 0 amide bonds. The van der Waals surface area contributed by atoms with Crippen molar-refractivity contribution in [3.05, 3.63) is 22.4 Å². The Bertz CT molecular complexity index is 291. The summed E-state index contributed by atoms with van der Waals surface area (Å²) in [7, 11) is 0. The van der Waals surface area contributed by atoms with Gasteiger partial charge in [-0.15, -0.1) is 11.3 Å². The highest BCUT2D eigenvalue weighted by atomic mass is 32.1. The molecule has 1 aromatic heterocycles. The monoisotopic (exact) mass is 253 g/mol. The molecule has 2 nitrogen and oxygen atoms in total. The molecule has 1 saturated carbocycles. The van der Waals surface area contributed by atoms with Crippen molar-refractivity contribution in [2.75, 3.05) is 6.54 Å². The minimum Gasteiger partial charge on any atom is -0.386 e. The van der Waals surface area contributed by atoms with Crippen LogP contribution in [0.4, 0.5) is 0 Å². The molecule has 17 heavy (non-hydrogen) atoms. The average Bonchev–Trinajstić information content (AvgIpc) is 2.80. The molecule has 96 valence electrons. The predicted octanol–water partition coefficient (Wildman–Crippen LogP) is 3.48. The van der Waals surface area contributed by atoms with Crippen molar-refractivity contribution in [3.63, 3.8) is 0 Å². The Labute approximate surface area is 108 Å². The first-order valence-electron chi connectivity index (χ1n) is 6.81. The largest absolute Gasteiger partial charge is 0.386 e. The summed E-state index contributed by atoms with van der Waals surface area (Å²) in [6, 6.07) is 4.62. The Morgan fingerprint density at radius 1 is 1.24 bits per heavy atom. The lowest BCUT2D eigenvalue weighted by Crippen LogP contribution is -2.33. The highest BCUT2D eigenvalue weighted by molar-refractivity contribution is 7.10. The fourth-order valence-electron chi connectivity index (χ4n) is 2.52. The van der Waals surface area contributed by atoms with E-state index in [0.29, 0.717) is 12.6 Å². The van der Waals surface area contributed by atoms with Crippen LogP contribution in [0, 0.1) is 0 Å². The van der Waals surface area contributed by atoms with Gasteiger partial charge in [0, 0.05) is 17.5 Å². The minimum atomic E-state index is -0.333. The summed E-state index contributed by atoms with van der Waals surface area (Å²) in [5, 5.41) is 15.6. The summed E-state index contributed by atoms with van der Waals surface area (Å²) in [4.78, 5) is 1.07. The molecule has 0 radical (unpaired) electrons. The van der Waals surface area contributed by atoms with Gasteiger partial charge in [-0.1, -0.05) is 38.2 Å². The fraction of sp³-hybridized carbons (Fsp3) is 0.714. The molecule has 1 aromatic rings. The number of aliphatic hydroxyl groups excluding tert-OH is 1. The van der Waals surface area contributed by atoms with Crippen LogP contribution in [0.1, 0.15) is 55.9 Å². The second-order valence-electron chi connectivity index (χ2n) is 4.98. The molecule has 2 N–H and O–H groups in total. The van der Waals surface area contributed by atoms with Crippen LogP contribution in [-0.2, 0) is 0 Å². The number of nitrogens with one attached hydrogen (secondary N) is 1. The van der Waals surface area contributed by atoms with Gasteiger partial charge in [-0.3, -0.25) is 0 Å². The van der Waals surface area contributed by atoms with E-state index < -0.39 is 0 Å². The van der Waals surface area contributed by atoms with Crippen LogP contribution in [0.5, 0.6) is 0 Å². The summed E-state index contributed by atoms with van der Waals surface area (Å²) >= 11 is 1.64. The summed E-state index contributed by atoms with van der Waals surface area (Å²) in [5.41, 5.74) is 0. The lowest BCUT2D eigenvalue weighted by atomic mass is 9.96. The molecule has 0 bridgehead atoms. The molecule has 2 rings (SSSR count). The Hall–Kier alpha value is -0.380. The normalized spacial score (nSPS) is 20.8. The first-order chi connectivity index (χ1) is 8.36. The molecule has 1 heterocycles. The molecular formula is C14H23NOS. The zero-order valence-electron chi connectivity index (χ0n) is 10.4. The van der Waals surface area contributed by atoms with Crippen LogP contribution in [0.3, 0.4) is 0 Å². The van der Waals surface area contributed by atoms with Gasteiger partial charge in [-0.2, -0.15) is 0 Å². The number of rotatable bonds is 4. The van der Waals surface area contributed by atoms with E-state index in [-0.39, 0.29) is 6.10 Å². The predicted molar refractivity (Wildman–Crippen MR) is 73.4 cm³/mol. The zero-order chi connectivity index (χ0) is 11.9. The molecule has 1 aliphatic rings. The number of hydrogen-bond donors (Lipinski definition) is 2. The maximum atomic E-state index is 10.0. The molecule has 0 aromatic carbocycles. The van der Waals surface area contributed by atoms with Gasteiger partial charge in [0.25, 0.3) is 0 Å². The van der Waals surface area contributed by atoms with Crippen LogP contribution in [0.15, 0.2) is 17.5 Å². The van der Waals surface area contributed by atoms with Crippen molar-refractivity contribution in [2.24, 2.45) is 0 Å². The standard InChI is InChI=1S/C14H23NOS/c16-13(14-9-6-10-17-14)11-15-12-7-4-2-1-3-5-8-12/h6,9-10,12-13,15-16H,1-5,7-8,11H2. The topological polar surface area (TPSA) is 32.3 Å². The smallest absolute Gasteiger partial charge is 0.101 e. The molecular weight excluding hydrogens is 230 g/mol. The minimum absolute atomic E-state index is 0.333. The molecule has 1 aliphatic carbocycles. The van der Waals surface area contributed by atoms with Crippen LogP contribution >= 0.6 is 11.3 Å². The van der Waals surface area contributed by atoms with Gasteiger partial charge in [0.15, 0.2) is 0 Å². The van der Waals surface area contributed by atoms with Gasteiger partial charge in [-0.05, 0) is 24.3 Å². The quantitative estimate of drug-likeness (QED) is 0.861. The van der Waals surface area contributed by atoms with E-state index in [1.54, 1.807) is 11.3 Å². The molecule has 1 atom stereocenters. The molecule has 1 unspecified atom stereocenters. The Balaban J connectivity index is 1.72. The van der Waals surface area contributed by atoms with E-state index in [9.17, 15) is 5.11 Å². The van der Waals surface area contributed by atoms with Crippen molar-refractivity contribution >= 4 is 11.3 Å². The van der Waals surface area contributed by atoms with Gasteiger partial charge in [0.05, 0.1) is 0 Å². The number of hydrogen-bond acceptors (Lipinski definition) is 3. The second kappa shape index (κ2) is 7.14. The lowest BCUT2D eigenvalue weighted by molar-refractivity contribution is 0.170. The molecule has 1 fully saturated rings. The summed E-state index contributed by atoms with van der Waals surface area (Å²) < 4.78 is 0. The van der Waals surface area contributed by atoms with Gasteiger partial charge in [0.1, 0.15) is 6.10 Å². The van der Waals surface area contributed by atoms with E-state index in [4.69, 9.17) is 0 Å². The molecule has 0 spiro atoms. The third-order valence-electron chi connectivity index (χ3n) is 3.58. The average molecular weight is 253 g/mol. The van der Waals surface area contributed by atoms with Crippen molar-refractivity contribution in [1.82, 2.24) is 5.32 Å². The zero-order valence-corrected chi connectivity index (χ0v) is 11.2. The maximum Gasteiger partial charge on any atom is 0.101 e. The van der Waals surface area contributed by atoms with Crippen LogP contribution in [0.25, 0.3) is 0 Å². The van der Waals surface area contributed by atoms with Gasteiger partial charge in [0.2, 0.25) is 0 Å². The van der Waals surface area contributed by atoms with Crippen molar-refractivity contribution in [3.8, 4) is 0 Å². The Morgan fingerprint density at radius 2 is 1.94 bits per heavy atom. The third-order valence-corrected chi connectivity index (χ3v) is 4.55. The third kappa shape index (κ3) is 4.41. The van der Waals surface area contributed by atoms with E-state index in [2.05, 4.69) is 5.32 Å². The SMILES string of the molecule is OC(CNC1CCCCCCC1)c1cccs1. The molecule has 3 heteroatoms. The van der Waals surface area contributed by atoms with Gasteiger partial charge < -0.3 is 10.4 Å². The van der Waals surface area contributed by atoms with Crippen LogP contribution < -0.4 is 5.32 Å². The van der Waals surface area contributed by atoms with E-state index in [1.165, 1.54) is 44.9 Å². The number of thiophene rings is 1. The van der Waals surface area contributed by atoms with E-state index in [1.807, 2.05) is 17.5 Å². The molecule has 0 saturated heterocycles. The van der Waals surface area contributed by atoms with Crippen LogP contribution in [-0.4, -0.2) is 17.7 Å². The van der Waals surface area contributed by atoms with E-state index in [0.717, 1.165) is 4.88 Å². The maximum absolute atomic E-state index is 10.0. The second-order valence-corrected chi connectivity index (χ2v) is 5.96. The Morgan fingerprint density at radius 3 is 2.59 bits per heavy atom. The highest BCUT2D eigenvalue weighted by Gasteiger charge is 2.14. The summed E-state index contributed by atoms with van der Waals surface area (Å²) in [5.74, 6) is 0. The van der Waals surface area contributed by atoms with Crippen LogP contribution in [0.2, 0.25) is 0 Å². The van der Waals surface area contributed by atoms with Crippen molar-refractivity contribution in [1.29, 1.82) is 0 Å². The molecule has 0 aliphatic heterocycles. The Kier molecular flexibility index (Phi) is 5.49. The lowest BCUT2D eigenvalue weighted by Gasteiger charge is -2.22. The summed E-state index contributed by atoms with van der Waals surface area (Å²) in [6.45, 7) is 0.700. The fourth-order valence-corrected chi connectivity index (χ4v) is 3.23. The summed E-state index contributed by atoms with van der Waals surface area (Å²) in [6.07, 6.45) is 9.07. The highest BCUT2D eigenvalue weighted by Crippen LogP contribution is 2.20. The van der Waals surface area contributed by atoms with E-state index >= 15 is 0 Å². The first kappa shape index (κ1) is 13.1. The van der Waals surface area contributed by atoms with Crippen molar-refractivity contribution in [2.45, 2.75) is 57.1 Å². The van der Waals surface area contributed by atoms with Gasteiger partial charge in [-0.25, -0.2) is 0 Å². The number of aliphatic hydroxyl groups is 1. The van der Waals surface area contributed by atoms with Crippen molar-refractivity contribution < 1.29 is 5.11 Å². The first-order valence-corrected chi connectivity index (χ1v) is 7.69.